The molecule has 0 aliphatic carbocycles. The Morgan fingerprint density at radius 1 is 0.742 bits per heavy atom. The Morgan fingerprint density at radius 2 is 1.39 bits per heavy atom. The van der Waals surface area contributed by atoms with Gasteiger partial charge >= 0.3 is 198 Å². The van der Waals surface area contributed by atoms with Crippen molar-refractivity contribution in [1.82, 2.24) is 0 Å². The van der Waals surface area contributed by atoms with Crippen molar-refractivity contribution in [3.05, 3.63) is 130 Å². The molecule has 1 heterocycles. The van der Waals surface area contributed by atoms with E-state index in [9.17, 15) is 0 Å². The molecule has 4 aromatic carbocycles. The number of hydrogen-bond acceptors (Lipinski definition) is 2. The Bertz CT molecular complexity index is 1210. The first-order chi connectivity index (χ1) is 15.2. The van der Waals surface area contributed by atoms with Crippen LogP contribution in [0.1, 0.15) is 16.7 Å². The Balaban J connectivity index is 1.63. The van der Waals surface area contributed by atoms with Crippen LogP contribution < -0.4 is 4.46 Å². The average molecular weight is 533 g/mol. The van der Waals surface area contributed by atoms with Gasteiger partial charge in [0.25, 0.3) is 0 Å². The van der Waals surface area contributed by atoms with Crippen LogP contribution >= 0.6 is 15.9 Å². The summed E-state index contributed by atoms with van der Waals surface area (Å²) in [4.78, 5) is 4.88. The van der Waals surface area contributed by atoms with Gasteiger partial charge in [0.1, 0.15) is 0 Å². The summed E-state index contributed by atoms with van der Waals surface area (Å²) in [5.74, 6) is 0.689. The predicted molar refractivity (Wildman–Crippen MR) is 132 cm³/mol. The van der Waals surface area contributed by atoms with Crippen molar-refractivity contribution in [3.8, 4) is 0 Å². The molecule has 0 fully saturated rings. The van der Waals surface area contributed by atoms with E-state index < -0.39 is 5.60 Å². The Morgan fingerprint density at radius 3 is 2.13 bits per heavy atom. The van der Waals surface area contributed by atoms with Gasteiger partial charge in [0, 0.05) is 0 Å². The Hall–Kier alpha value is -2.65. The molecule has 4 heteroatoms. The summed E-state index contributed by atoms with van der Waals surface area (Å²) in [5, 5.41) is 0.885. The molecule has 1 aliphatic rings. The fourth-order valence-electron chi connectivity index (χ4n) is 3.83. The average Bonchev–Trinajstić information content (AvgIpc) is 3.14. The van der Waals surface area contributed by atoms with Crippen LogP contribution in [0.2, 0.25) is 5.32 Å². The number of halogens is 1. The van der Waals surface area contributed by atoms with E-state index in [2.05, 4.69) is 94.8 Å². The van der Waals surface area contributed by atoms with E-state index in [1.165, 1.54) is 10.0 Å². The third-order valence-electron chi connectivity index (χ3n) is 5.35. The van der Waals surface area contributed by atoms with Crippen LogP contribution in [0.4, 0.5) is 5.69 Å². The van der Waals surface area contributed by atoms with Crippen LogP contribution in [0.15, 0.2) is 119 Å². The van der Waals surface area contributed by atoms with E-state index in [0.29, 0.717) is 5.90 Å². The van der Waals surface area contributed by atoms with Crippen LogP contribution in [-0.2, 0) is 10.3 Å². The topological polar surface area (TPSA) is 21.6 Å². The molecule has 152 valence electrons. The Labute approximate surface area is 197 Å². The molecule has 0 bridgehead atoms. The molecular weight excluding hydrogens is 513 g/mol. The van der Waals surface area contributed by atoms with Gasteiger partial charge in [-0.2, -0.15) is 0 Å². The van der Waals surface area contributed by atoms with Gasteiger partial charge in [-0.25, -0.2) is 0 Å². The van der Waals surface area contributed by atoms with Gasteiger partial charge in [0.15, 0.2) is 0 Å². The molecule has 31 heavy (non-hydrogen) atoms. The molecule has 0 radical (unpaired) electrons. The van der Waals surface area contributed by atoms with Gasteiger partial charge < -0.3 is 0 Å². The van der Waals surface area contributed by atoms with Gasteiger partial charge in [-0.3, -0.25) is 0 Å². The third kappa shape index (κ3) is 4.12. The van der Waals surface area contributed by atoms with Crippen molar-refractivity contribution >= 4 is 46.9 Å². The minimum absolute atomic E-state index is 0.240. The molecule has 2 nitrogen and oxygen atoms in total. The van der Waals surface area contributed by atoms with Gasteiger partial charge in [0.2, 0.25) is 0 Å². The molecule has 0 N–H and O–H groups in total. The van der Waals surface area contributed by atoms with Crippen molar-refractivity contribution in [1.29, 1.82) is 0 Å². The zero-order chi connectivity index (χ0) is 21.1. The predicted octanol–water partition coefficient (Wildman–Crippen LogP) is 6.25. The normalized spacial score (nSPS) is 18.5. The molecule has 0 saturated heterocycles. The number of hydrogen-bond donors (Lipinski definition) is 0. The summed E-state index contributed by atoms with van der Waals surface area (Å²) < 4.78 is 9.24. The first kappa shape index (κ1) is 20.3. The molecule has 0 saturated carbocycles. The number of rotatable bonds is 5. The van der Waals surface area contributed by atoms with Crippen molar-refractivity contribution in [2.45, 2.75) is 10.9 Å². The van der Waals surface area contributed by atoms with Gasteiger partial charge in [0.05, 0.1) is 0 Å². The molecule has 0 unspecified atom stereocenters. The van der Waals surface area contributed by atoms with E-state index in [0.717, 1.165) is 26.6 Å². The summed E-state index contributed by atoms with van der Waals surface area (Å²) in [6, 6.07) is 37.7. The van der Waals surface area contributed by atoms with Crippen LogP contribution in [0.3, 0.4) is 0 Å². The standard InChI is InChI=1S/C27H20BrNOSe/c28-21-17-15-20(16-18-21)27(19-31-23-11-5-2-6-12-23)25-14-8-7-13-24(25)26(30-27)29-22-9-3-1-4-10-22/h1-18H,19H2/t27-/m0/s1. The van der Waals surface area contributed by atoms with Gasteiger partial charge in [-0.1, -0.05) is 0 Å². The first-order valence-electron chi connectivity index (χ1n) is 10.1. The van der Waals surface area contributed by atoms with Gasteiger partial charge in [-0.15, -0.1) is 0 Å². The zero-order valence-corrected chi connectivity index (χ0v) is 20.0. The number of para-hydroxylation sites is 1. The fraction of sp³-hybridized carbons (Fsp3) is 0.0741. The zero-order valence-electron chi connectivity index (χ0n) is 16.7. The Kier molecular flexibility index (Phi) is 5.78. The SMILES string of the molecule is Brc1ccc([C@]2(C[Se]c3ccccc3)OC(=Nc3ccccc3)c3ccccc32)cc1. The molecular formula is C27H20BrNOSe. The number of fused-ring (bicyclic) bond motifs is 1. The maximum absolute atomic E-state index is 6.82. The van der Waals surface area contributed by atoms with Crippen LogP contribution in [0.5, 0.6) is 0 Å². The van der Waals surface area contributed by atoms with Crippen LogP contribution in [-0.4, -0.2) is 20.9 Å². The summed E-state index contributed by atoms with van der Waals surface area (Å²) in [6.45, 7) is 0. The van der Waals surface area contributed by atoms with E-state index in [-0.39, 0.29) is 15.0 Å². The number of benzene rings is 4. The molecule has 0 amide bonds. The summed E-state index contributed by atoms with van der Waals surface area (Å²) in [5.41, 5.74) is 3.75. The summed E-state index contributed by atoms with van der Waals surface area (Å²) in [6.07, 6.45) is 0. The molecule has 0 spiro atoms. The molecule has 5 rings (SSSR count). The summed E-state index contributed by atoms with van der Waals surface area (Å²) in [7, 11) is 0. The molecule has 1 atom stereocenters. The van der Waals surface area contributed by atoms with Crippen LogP contribution in [0.25, 0.3) is 0 Å². The molecule has 1 aliphatic heterocycles. The van der Waals surface area contributed by atoms with E-state index >= 15 is 0 Å². The monoisotopic (exact) mass is 533 g/mol. The fourth-order valence-corrected chi connectivity index (χ4v) is 6.40. The van der Waals surface area contributed by atoms with Crippen molar-refractivity contribution < 1.29 is 4.74 Å². The van der Waals surface area contributed by atoms with Crippen molar-refractivity contribution in [2.75, 3.05) is 0 Å². The molecule has 0 aromatic heterocycles. The first-order valence-corrected chi connectivity index (χ1v) is 13.0. The summed E-state index contributed by atoms with van der Waals surface area (Å²) >= 11 is 3.81. The number of nitrogens with zero attached hydrogens (tertiary/aromatic N) is 1. The van der Waals surface area contributed by atoms with Crippen molar-refractivity contribution in [2.24, 2.45) is 4.99 Å². The second-order valence-corrected chi connectivity index (χ2v) is 10.5. The van der Waals surface area contributed by atoms with Crippen LogP contribution in [0, 0.1) is 0 Å². The van der Waals surface area contributed by atoms with E-state index in [1.807, 2.05) is 30.3 Å². The number of ether oxygens (including phenoxy) is 1. The quantitative estimate of drug-likeness (QED) is 0.278. The second-order valence-electron chi connectivity index (χ2n) is 7.34. The molecule has 4 aromatic rings. The third-order valence-corrected chi connectivity index (χ3v) is 8.30. The van der Waals surface area contributed by atoms with Gasteiger partial charge in [-0.05, 0) is 0 Å². The minimum atomic E-state index is -0.555. The van der Waals surface area contributed by atoms with E-state index in [4.69, 9.17) is 9.73 Å². The number of aliphatic imine (C=N–C) groups is 1. The van der Waals surface area contributed by atoms with E-state index in [1.54, 1.807) is 0 Å². The van der Waals surface area contributed by atoms with Crippen molar-refractivity contribution in [3.63, 3.8) is 0 Å². The maximum atomic E-state index is 6.82. The second kappa shape index (κ2) is 8.84.